The van der Waals surface area contributed by atoms with Gasteiger partial charge in [0.2, 0.25) is 0 Å². The van der Waals surface area contributed by atoms with E-state index in [9.17, 15) is 19.3 Å². The molecule has 1 aliphatic rings. The monoisotopic (exact) mass is 360 g/mol. The van der Waals surface area contributed by atoms with Gasteiger partial charge in [0.15, 0.2) is 0 Å². The topological polar surface area (TPSA) is 87.5 Å². The van der Waals surface area contributed by atoms with E-state index in [1.165, 1.54) is 6.92 Å². The summed E-state index contributed by atoms with van der Waals surface area (Å²) in [6.07, 6.45) is 0.744. The van der Waals surface area contributed by atoms with Gasteiger partial charge in [0, 0.05) is 38.3 Å². The lowest BCUT2D eigenvalue weighted by Crippen LogP contribution is -2.44. The van der Waals surface area contributed by atoms with Crippen molar-refractivity contribution in [3.63, 3.8) is 0 Å². The number of piperazine rings is 1. The van der Waals surface area contributed by atoms with E-state index in [2.05, 4.69) is 15.5 Å². The molecule has 0 spiro atoms. The number of amides is 1. The summed E-state index contributed by atoms with van der Waals surface area (Å²) in [5.74, 6) is -1.27. The smallest absolute Gasteiger partial charge is 0.285 e. The van der Waals surface area contributed by atoms with Gasteiger partial charge in [0.1, 0.15) is 11.4 Å². The second-order valence-corrected chi connectivity index (χ2v) is 5.58. The summed E-state index contributed by atoms with van der Waals surface area (Å²) >= 11 is 0. The van der Waals surface area contributed by atoms with Crippen molar-refractivity contribution in [3.05, 3.63) is 39.2 Å². The van der Waals surface area contributed by atoms with E-state index in [0.717, 1.165) is 51.3 Å². The standard InChI is InChI=1S/C15H21FN4O3.ClH/c1-11-9-12(16)10-13(14(11)20(22)23)15(21)18-3-2-6-19-7-4-17-5-8-19;/h9-10,17H,2-8H2,1H3,(H,18,21);1H. The van der Waals surface area contributed by atoms with Crippen LogP contribution in [-0.4, -0.2) is 55.0 Å². The van der Waals surface area contributed by atoms with Crippen molar-refractivity contribution in [1.82, 2.24) is 15.5 Å². The summed E-state index contributed by atoms with van der Waals surface area (Å²) in [5, 5.41) is 17.0. The number of nitro groups is 1. The second-order valence-electron chi connectivity index (χ2n) is 5.58. The molecule has 1 aliphatic heterocycles. The zero-order valence-electron chi connectivity index (χ0n) is 13.5. The first kappa shape index (κ1) is 20.3. The largest absolute Gasteiger partial charge is 0.352 e. The Bertz CT molecular complexity index is 594. The number of rotatable bonds is 6. The molecular weight excluding hydrogens is 339 g/mol. The quantitative estimate of drug-likeness (QED) is 0.456. The van der Waals surface area contributed by atoms with Gasteiger partial charge >= 0.3 is 0 Å². The number of benzene rings is 1. The summed E-state index contributed by atoms with van der Waals surface area (Å²) in [5.41, 5.74) is -0.429. The molecule has 7 nitrogen and oxygen atoms in total. The molecule has 134 valence electrons. The van der Waals surface area contributed by atoms with Crippen molar-refractivity contribution in [2.75, 3.05) is 39.3 Å². The maximum absolute atomic E-state index is 13.4. The molecule has 2 rings (SSSR count). The number of nitrogens with one attached hydrogen (secondary N) is 2. The van der Waals surface area contributed by atoms with Crippen molar-refractivity contribution in [1.29, 1.82) is 0 Å². The molecule has 1 aromatic rings. The number of aryl methyl sites for hydroxylation is 1. The van der Waals surface area contributed by atoms with Gasteiger partial charge in [-0.3, -0.25) is 14.9 Å². The van der Waals surface area contributed by atoms with Crippen molar-refractivity contribution < 1.29 is 14.1 Å². The van der Waals surface area contributed by atoms with Crippen LogP contribution < -0.4 is 10.6 Å². The average Bonchev–Trinajstić information content (AvgIpc) is 2.51. The van der Waals surface area contributed by atoms with Crippen molar-refractivity contribution in [2.45, 2.75) is 13.3 Å². The predicted molar refractivity (Wildman–Crippen MR) is 91.3 cm³/mol. The molecule has 0 aliphatic carbocycles. The molecule has 1 saturated heterocycles. The van der Waals surface area contributed by atoms with Crippen LogP contribution in [-0.2, 0) is 0 Å². The van der Waals surface area contributed by atoms with E-state index in [0.29, 0.717) is 6.54 Å². The van der Waals surface area contributed by atoms with E-state index < -0.39 is 16.6 Å². The fourth-order valence-corrected chi connectivity index (χ4v) is 2.69. The lowest BCUT2D eigenvalue weighted by Gasteiger charge is -2.27. The predicted octanol–water partition coefficient (Wildman–Crippen LogP) is 1.49. The van der Waals surface area contributed by atoms with E-state index in [1.807, 2.05) is 0 Å². The number of nitrogens with zero attached hydrogens (tertiary/aromatic N) is 2. The number of carbonyl (C=O) groups is 1. The Hall–Kier alpha value is -1.77. The van der Waals surface area contributed by atoms with Crippen LogP contribution in [0.1, 0.15) is 22.3 Å². The third kappa shape index (κ3) is 5.40. The summed E-state index contributed by atoms with van der Waals surface area (Å²) in [6.45, 7) is 6.54. The third-order valence-electron chi connectivity index (χ3n) is 3.84. The van der Waals surface area contributed by atoms with E-state index >= 15 is 0 Å². The Labute approximate surface area is 146 Å². The van der Waals surface area contributed by atoms with Gasteiger partial charge < -0.3 is 15.5 Å². The Kier molecular flexibility index (Phi) is 8.03. The van der Waals surface area contributed by atoms with Gasteiger partial charge in [-0.2, -0.15) is 0 Å². The maximum Gasteiger partial charge on any atom is 0.285 e. The first-order valence-corrected chi connectivity index (χ1v) is 7.65. The summed E-state index contributed by atoms with van der Waals surface area (Å²) in [4.78, 5) is 24.8. The summed E-state index contributed by atoms with van der Waals surface area (Å²) in [6, 6.07) is 1.97. The van der Waals surface area contributed by atoms with Crippen LogP contribution in [0.2, 0.25) is 0 Å². The van der Waals surface area contributed by atoms with Crippen LogP contribution in [0.15, 0.2) is 12.1 Å². The Morgan fingerprint density at radius 3 is 2.71 bits per heavy atom. The minimum atomic E-state index is -0.654. The molecule has 0 unspecified atom stereocenters. The minimum Gasteiger partial charge on any atom is -0.352 e. The zero-order valence-corrected chi connectivity index (χ0v) is 14.3. The van der Waals surface area contributed by atoms with Crippen LogP contribution >= 0.6 is 12.4 Å². The van der Waals surface area contributed by atoms with Crippen LogP contribution in [0.25, 0.3) is 0 Å². The number of nitro benzene ring substituents is 1. The highest BCUT2D eigenvalue weighted by Gasteiger charge is 2.24. The highest BCUT2D eigenvalue weighted by Crippen LogP contribution is 2.24. The van der Waals surface area contributed by atoms with Crippen LogP contribution in [0, 0.1) is 22.9 Å². The zero-order chi connectivity index (χ0) is 16.8. The molecule has 24 heavy (non-hydrogen) atoms. The van der Waals surface area contributed by atoms with Gasteiger partial charge in [-0.1, -0.05) is 0 Å². The van der Waals surface area contributed by atoms with Gasteiger partial charge in [0.25, 0.3) is 11.6 Å². The number of carbonyl (C=O) groups excluding carboxylic acids is 1. The fraction of sp³-hybridized carbons (Fsp3) is 0.533. The lowest BCUT2D eigenvalue weighted by atomic mass is 10.1. The molecule has 9 heteroatoms. The number of hydrogen-bond donors (Lipinski definition) is 2. The summed E-state index contributed by atoms with van der Waals surface area (Å²) < 4.78 is 13.4. The van der Waals surface area contributed by atoms with Crippen LogP contribution in [0.3, 0.4) is 0 Å². The molecule has 0 saturated carbocycles. The second kappa shape index (κ2) is 9.51. The normalized spacial score (nSPS) is 14.8. The van der Waals surface area contributed by atoms with Crippen molar-refractivity contribution in [2.24, 2.45) is 0 Å². The van der Waals surface area contributed by atoms with Crippen LogP contribution in [0.4, 0.5) is 10.1 Å². The van der Waals surface area contributed by atoms with E-state index in [1.54, 1.807) is 0 Å². The van der Waals surface area contributed by atoms with Gasteiger partial charge in [-0.15, -0.1) is 12.4 Å². The maximum atomic E-state index is 13.4. The fourth-order valence-electron chi connectivity index (χ4n) is 2.69. The Morgan fingerprint density at radius 1 is 1.42 bits per heavy atom. The van der Waals surface area contributed by atoms with E-state index in [-0.39, 0.29) is 29.2 Å². The molecule has 0 bridgehead atoms. The first-order chi connectivity index (χ1) is 11.0. The first-order valence-electron chi connectivity index (χ1n) is 7.65. The number of halogens is 2. The molecule has 0 atom stereocenters. The highest BCUT2D eigenvalue weighted by molar-refractivity contribution is 5.98. The van der Waals surface area contributed by atoms with Gasteiger partial charge in [0.05, 0.1) is 4.92 Å². The Balaban J connectivity index is 0.00000288. The molecule has 2 N–H and O–H groups in total. The lowest BCUT2D eigenvalue weighted by molar-refractivity contribution is -0.385. The van der Waals surface area contributed by atoms with Gasteiger partial charge in [-0.25, -0.2) is 4.39 Å². The molecular formula is C15H22ClFN4O3. The summed E-state index contributed by atoms with van der Waals surface area (Å²) in [7, 11) is 0. The van der Waals surface area contributed by atoms with E-state index in [4.69, 9.17) is 0 Å². The van der Waals surface area contributed by atoms with Crippen molar-refractivity contribution >= 4 is 24.0 Å². The highest BCUT2D eigenvalue weighted by atomic mass is 35.5. The minimum absolute atomic E-state index is 0. The average molecular weight is 361 g/mol. The van der Waals surface area contributed by atoms with Crippen LogP contribution in [0.5, 0.6) is 0 Å². The molecule has 0 radical (unpaired) electrons. The molecule has 0 aromatic heterocycles. The SMILES string of the molecule is Cc1cc(F)cc(C(=O)NCCCN2CCNCC2)c1[N+](=O)[O-].Cl. The van der Waals surface area contributed by atoms with Crippen molar-refractivity contribution in [3.8, 4) is 0 Å². The third-order valence-corrected chi connectivity index (χ3v) is 3.84. The molecule has 1 amide bonds. The van der Waals surface area contributed by atoms with Gasteiger partial charge in [-0.05, 0) is 32.0 Å². The number of hydrogen-bond acceptors (Lipinski definition) is 5. The Morgan fingerprint density at radius 2 is 2.08 bits per heavy atom. The molecule has 1 fully saturated rings. The molecule has 1 aromatic carbocycles. The molecule has 1 heterocycles.